The van der Waals surface area contributed by atoms with Gasteiger partial charge in [-0.3, -0.25) is 4.79 Å². The summed E-state index contributed by atoms with van der Waals surface area (Å²) in [5, 5.41) is 0.654. The van der Waals surface area contributed by atoms with Crippen molar-refractivity contribution < 1.29 is 4.79 Å². The van der Waals surface area contributed by atoms with Gasteiger partial charge in [0.2, 0.25) is 0 Å². The van der Waals surface area contributed by atoms with Crippen molar-refractivity contribution >= 4 is 17.4 Å². The summed E-state index contributed by atoms with van der Waals surface area (Å²) in [6, 6.07) is 6.97. The number of halogens is 1. The molecule has 0 atom stereocenters. The van der Waals surface area contributed by atoms with Crippen LogP contribution in [-0.4, -0.2) is 5.78 Å². The predicted octanol–water partition coefficient (Wildman–Crippen LogP) is 3.88. The van der Waals surface area contributed by atoms with Crippen molar-refractivity contribution in [1.82, 2.24) is 0 Å². The number of hydrogen-bond acceptors (Lipinski definition) is 1. The van der Waals surface area contributed by atoms with Crippen molar-refractivity contribution in [1.29, 1.82) is 0 Å². The topological polar surface area (TPSA) is 17.1 Å². The fourth-order valence-corrected chi connectivity index (χ4v) is 1.23. The minimum Gasteiger partial charge on any atom is -0.294 e. The van der Waals surface area contributed by atoms with Crippen LogP contribution in [0.3, 0.4) is 0 Å². The van der Waals surface area contributed by atoms with Gasteiger partial charge in [0.1, 0.15) is 0 Å². The van der Waals surface area contributed by atoms with Crippen molar-refractivity contribution in [2.75, 3.05) is 0 Å². The summed E-state index contributed by atoms with van der Waals surface area (Å²) >= 11 is 5.72. The fourth-order valence-electron chi connectivity index (χ4n) is 1.11. The highest BCUT2D eigenvalue weighted by Crippen LogP contribution is 2.13. The Labute approximate surface area is 89.4 Å². The molecule has 0 N–H and O–H groups in total. The van der Waals surface area contributed by atoms with E-state index in [1.807, 2.05) is 6.92 Å². The van der Waals surface area contributed by atoms with Crippen LogP contribution in [0.2, 0.25) is 5.02 Å². The first-order valence-corrected chi connectivity index (χ1v) is 4.90. The third kappa shape index (κ3) is 3.35. The minimum absolute atomic E-state index is 0.143. The maximum atomic E-state index is 11.6. The van der Waals surface area contributed by atoms with Gasteiger partial charge in [-0.15, -0.1) is 6.58 Å². The molecule has 1 aromatic rings. The number of carbonyl (C=O) groups is 1. The monoisotopic (exact) mass is 208 g/mol. The Bertz CT molecular complexity index is 338. The number of Topliss-reactive ketones (excluding diaryl/α,β-unsaturated/α-hetero) is 1. The molecule has 0 heterocycles. The fraction of sp³-hybridized carbons (Fsp3) is 0.250. The molecule has 1 nitrogen and oxygen atoms in total. The molecule has 2 heteroatoms. The van der Waals surface area contributed by atoms with Crippen LogP contribution in [0, 0.1) is 0 Å². The quantitative estimate of drug-likeness (QED) is 0.542. The second-order valence-electron chi connectivity index (χ2n) is 3.39. The highest BCUT2D eigenvalue weighted by atomic mass is 35.5. The lowest BCUT2D eigenvalue weighted by atomic mass is 10.0. The van der Waals surface area contributed by atoms with Crippen molar-refractivity contribution in [2.24, 2.45) is 0 Å². The average molecular weight is 209 g/mol. The van der Waals surface area contributed by atoms with Crippen LogP contribution in [-0.2, 0) is 0 Å². The van der Waals surface area contributed by atoms with Gasteiger partial charge < -0.3 is 0 Å². The maximum Gasteiger partial charge on any atom is 0.163 e. The summed E-state index contributed by atoms with van der Waals surface area (Å²) in [5.74, 6) is 0.143. The van der Waals surface area contributed by atoms with Crippen LogP contribution in [0.1, 0.15) is 30.1 Å². The molecule has 1 aromatic carbocycles. The van der Waals surface area contributed by atoms with E-state index in [9.17, 15) is 4.79 Å². The Morgan fingerprint density at radius 2 is 1.86 bits per heavy atom. The lowest BCUT2D eigenvalue weighted by molar-refractivity contribution is 0.0983. The van der Waals surface area contributed by atoms with E-state index in [2.05, 4.69) is 6.58 Å². The summed E-state index contributed by atoms with van der Waals surface area (Å²) in [5.41, 5.74) is 1.75. The molecule has 14 heavy (non-hydrogen) atoms. The van der Waals surface area contributed by atoms with E-state index in [-0.39, 0.29) is 5.78 Å². The zero-order chi connectivity index (χ0) is 10.6. The van der Waals surface area contributed by atoms with Crippen molar-refractivity contribution in [2.45, 2.75) is 19.8 Å². The van der Waals surface area contributed by atoms with E-state index in [1.54, 1.807) is 24.3 Å². The number of carbonyl (C=O) groups excluding carboxylic acids is 1. The third-order valence-corrected chi connectivity index (χ3v) is 2.20. The van der Waals surface area contributed by atoms with Gasteiger partial charge in [-0.1, -0.05) is 17.2 Å². The smallest absolute Gasteiger partial charge is 0.163 e. The zero-order valence-electron chi connectivity index (χ0n) is 8.22. The Morgan fingerprint density at radius 1 is 1.29 bits per heavy atom. The van der Waals surface area contributed by atoms with Gasteiger partial charge in [-0.2, -0.15) is 0 Å². The minimum atomic E-state index is 0.143. The molecule has 1 rings (SSSR count). The highest BCUT2D eigenvalue weighted by molar-refractivity contribution is 6.30. The van der Waals surface area contributed by atoms with Crippen LogP contribution in [0.25, 0.3) is 0 Å². The van der Waals surface area contributed by atoms with E-state index in [4.69, 9.17) is 11.6 Å². The van der Waals surface area contributed by atoms with Crippen molar-refractivity contribution in [3.05, 3.63) is 47.0 Å². The van der Waals surface area contributed by atoms with Gasteiger partial charge in [-0.05, 0) is 37.6 Å². The molecule has 0 bridgehead atoms. The lowest BCUT2D eigenvalue weighted by Crippen LogP contribution is -1.98. The average Bonchev–Trinajstić information content (AvgIpc) is 2.15. The second-order valence-corrected chi connectivity index (χ2v) is 3.82. The van der Waals surface area contributed by atoms with Crippen molar-refractivity contribution in [3.8, 4) is 0 Å². The Morgan fingerprint density at radius 3 is 2.36 bits per heavy atom. The first kappa shape index (κ1) is 11.0. The molecule has 0 spiro atoms. The van der Waals surface area contributed by atoms with Crippen LogP contribution in [0.5, 0.6) is 0 Å². The Balaban J connectivity index is 2.61. The molecule has 0 aromatic heterocycles. The third-order valence-electron chi connectivity index (χ3n) is 1.95. The van der Waals surface area contributed by atoms with Crippen LogP contribution < -0.4 is 0 Å². The summed E-state index contributed by atoms with van der Waals surface area (Å²) in [4.78, 5) is 11.6. The SMILES string of the molecule is C=C(C)CCC(=O)c1ccc(Cl)cc1. The standard InChI is InChI=1S/C12H13ClO/c1-9(2)3-8-12(14)10-4-6-11(13)7-5-10/h4-7H,1,3,8H2,2H3. The molecule has 0 aliphatic rings. The second kappa shape index (κ2) is 4.97. The number of rotatable bonds is 4. The summed E-state index contributed by atoms with van der Waals surface area (Å²) in [6.45, 7) is 5.69. The van der Waals surface area contributed by atoms with Crippen LogP contribution >= 0.6 is 11.6 Å². The number of allylic oxidation sites excluding steroid dienone is 1. The van der Waals surface area contributed by atoms with Gasteiger partial charge in [0.05, 0.1) is 0 Å². The van der Waals surface area contributed by atoms with Gasteiger partial charge in [0.15, 0.2) is 5.78 Å². The molecule has 0 saturated carbocycles. The van der Waals surface area contributed by atoms with E-state index < -0.39 is 0 Å². The molecule has 0 amide bonds. The van der Waals surface area contributed by atoms with Gasteiger partial charge in [-0.25, -0.2) is 0 Å². The molecular weight excluding hydrogens is 196 g/mol. The van der Waals surface area contributed by atoms with Gasteiger partial charge >= 0.3 is 0 Å². The lowest BCUT2D eigenvalue weighted by Gasteiger charge is -2.00. The molecule has 0 radical (unpaired) electrons. The molecule has 0 unspecified atom stereocenters. The highest BCUT2D eigenvalue weighted by Gasteiger charge is 2.04. The molecule has 0 aliphatic carbocycles. The summed E-state index contributed by atoms with van der Waals surface area (Å²) in [6.07, 6.45) is 1.28. The first-order valence-electron chi connectivity index (χ1n) is 4.53. The van der Waals surface area contributed by atoms with E-state index in [0.717, 1.165) is 17.6 Å². The normalized spacial score (nSPS) is 9.86. The predicted molar refractivity (Wildman–Crippen MR) is 59.8 cm³/mol. The largest absolute Gasteiger partial charge is 0.294 e. The Kier molecular flexibility index (Phi) is 3.90. The van der Waals surface area contributed by atoms with Crippen LogP contribution in [0.4, 0.5) is 0 Å². The summed E-state index contributed by atoms with van der Waals surface area (Å²) < 4.78 is 0. The number of ketones is 1. The van der Waals surface area contributed by atoms with Crippen molar-refractivity contribution in [3.63, 3.8) is 0 Å². The molecule has 74 valence electrons. The van der Waals surface area contributed by atoms with E-state index >= 15 is 0 Å². The van der Waals surface area contributed by atoms with Crippen LogP contribution in [0.15, 0.2) is 36.4 Å². The Hall–Kier alpha value is -1.08. The first-order chi connectivity index (χ1) is 6.59. The van der Waals surface area contributed by atoms with Gasteiger partial charge in [0.25, 0.3) is 0 Å². The maximum absolute atomic E-state index is 11.6. The molecular formula is C12H13ClO. The number of benzene rings is 1. The van der Waals surface area contributed by atoms with E-state index in [1.165, 1.54) is 0 Å². The van der Waals surface area contributed by atoms with Gasteiger partial charge in [0, 0.05) is 17.0 Å². The summed E-state index contributed by atoms with van der Waals surface area (Å²) in [7, 11) is 0. The molecule has 0 fully saturated rings. The number of hydrogen-bond donors (Lipinski definition) is 0. The zero-order valence-corrected chi connectivity index (χ0v) is 8.97. The molecule has 0 aliphatic heterocycles. The van der Waals surface area contributed by atoms with E-state index in [0.29, 0.717) is 11.4 Å². The molecule has 0 saturated heterocycles.